The molecule has 0 amide bonds. The molecule has 7 heteroatoms. The Morgan fingerprint density at radius 2 is 1.87 bits per heavy atom. The molecule has 4 rings (SSSR count). The van der Waals surface area contributed by atoms with Crippen LogP contribution in [0.15, 0.2) is 47.8 Å². The molecule has 0 radical (unpaired) electrons. The number of rotatable bonds is 7. The first-order valence-corrected chi connectivity index (χ1v) is 10.4. The smallest absolute Gasteiger partial charge is 0.195 e. The number of benzene rings is 2. The summed E-state index contributed by atoms with van der Waals surface area (Å²) < 4.78 is 18.7. The van der Waals surface area contributed by atoms with Gasteiger partial charge >= 0.3 is 0 Å². The van der Waals surface area contributed by atoms with Crippen LogP contribution >= 0.6 is 11.3 Å². The molecule has 0 spiro atoms. The number of nitrogens with zero attached hydrogens (tertiary/aromatic N) is 3. The van der Waals surface area contributed by atoms with Gasteiger partial charge in [0.25, 0.3) is 0 Å². The number of thiazole rings is 1. The summed E-state index contributed by atoms with van der Waals surface area (Å²) in [5.74, 6) is 2.08. The third-order valence-electron chi connectivity index (χ3n) is 4.83. The Labute approximate surface area is 178 Å². The molecule has 0 saturated heterocycles. The van der Waals surface area contributed by atoms with Crippen molar-refractivity contribution in [1.29, 1.82) is 5.26 Å². The lowest BCUT2D eigenvalue weighted by Gasteiger charge is -2.11. The second kappa shape index (κ2) is 8.47. The maximum atomic E-state index is 9.54. The van der Waals surface area contributed by atoms with Crippen molar-refractivity contribution in [2.24, 2.45) is 0 Å². The van der Waals surface area contributed by atoms with Crippen molar-refractivity contribution in [3.8, 4) is 45.8 Å². The minimum Gasteiger partial charge on any atom is -0.493 e. The minimum absolute atomic E-state index is 0.230. The SMILES string of the molecule is CCOc1ccccc1-c1nc2scc(-c3ccc(OC)c(OC)c3)n2c1CC#N. The number of imidazole rings is 1. The summed E-state index contributed by atoms with van der Waals surface area (Å²) >= 11 is 1.54. The Morgan fingerprint density at radius 3 is 2.60 bits per heavy atom. The van der Waals surface area contributed by atoms with Crippen molar-refractivity contribution in [1.82, 2.24) is 9.38 Å². The number of ether oxygens (including phenoxy) is 3. The highest BCUT2D eigenvalue weighted by Crippen LogP contribution is 2.38. The Hall–Kier alpha value is -3.50. The zero-order valence-electron chi connectivity index (χ0n) is 17.0. The molecule has 0 bridgehead atoms. The van der Waals surface area contributed by atoms with Gasteiger partial charge < -0.3 is 14.2 Å². The molecule has 2 heterocycles. The Morgan fingerprint density at radius 1 is 1.07 bits per heavy atom. The molecule has 30 heavy (non-hydrogen) atoms. The van der Waals surface area contributed by atoms with Crippen LogP contribution in [0, 0.1) is 11.3 Å². The average molecular weight is 420 g/mol. The lowest BCUT2D eigenvalue weighted by atomic mass is 10.1. The van der Waals surface area contributed by atoms with Gasteiger partial charge in [0, 0.05) is 16.5 Å². The second-order valence-electron chi connectivity index (χ2n) is 6.48. The van der Waals surface area contributed by atoms with Crippen molar-refractivity contribution < 1.29 is 14.2 Å². The van der Waals surface area contributed by atoms with E-state index in [0.717, 1.165) is 38.9 Å². The molecule has 0 aliphatic rings. The van der Waals surface area contributed by atoms with Gasteiger partial charge in [-0.1, -0.05) is 12.1 Å². The zero-order chi connectivity index (χ0) is 21.1. The molecule has 0 saturated carbocycles. The standard InChI is InChI=1S/C23H21N3O3S/c1-4-29-19-8-6-5-7-16(19)22-17(11-12-24)26-18(14-30-23(26)25-22)15-9-10-20(27-2)21(13-15)28-3/h5-10,13-14H,4,11H2,1-3H3. The topological polar surface area (TPSA) is 68.8 Å². The van der Waals surface area contributed by atoms with Crippen molar-refractivity contribution in [3.63, 3.8) is 0 Å². The Bertz CT molecular complexity index is 1240. The summed E-state index contributed by atoms with van der Waals surface area (Å²) in [6.07, 6.45) is 0.230. The van der Waals surface area contributed by atoms with E-state index >= 15 is 0 Å². The molecule has 0 atom stereocenters. The first-order chi connectivity index (χ1) is 14.7. The summed E-state index contributed by atoms with van der Waals surface area (Å²) in [5.41, 5.74) is 4.41. The van der Waals surface area contributed by atoms with Crippen molar-refractivity contribution >= 4 is 16.3 Å². The molecule has 2 aromatic carbocycles. The number of nitriles is 1. The number of methoxy groups -OCH3 is 2. The van der Waals surface area contributed by atoms with Gasteiger partial charge in [-0.2, -0.15) is 5.26 Å². The van der Waals surface area contributed by atoms with Crippen molar-refractivity contribution in [3.05, 3.63) is 53.5 Å². The van der Waals surface area contributed by atoms with E-state index in [-0.39, 0.29) is 6.42 Å². The molecule has 0 aliphatic heterocycles. The predicted octanol–water partition coefficient (Wildman–Crippen LogP) is 5.21. The predicted molar refractivity (Wildman–Crippen MR) is 118 cm³/mol. The average Bonchev–Trinajstić information content (AvgIpc) is 3.34. The maximum Gasteiger partial charge on any atom is 0.195 e. The quantitative estimate of drug-likeness (QED) is 0.411. The number of hydrogen-bond acceptors (Lipinski definition) is 6. The summed E-state index contributed by atoms with van der Waals surface area (Å²) in [5, 5.41) is 11.6. The van der Waals surface area contributed by atoms with Crippen LogP contribution in [0.3, 0.4) is 0 Å². The van der Waals surface area contributed by atoms with Gasteiger partial charge in [-0.3, -0.25) is 4.40 Å². The van der Waals surface area contributed by atoms with Crippen LogP contribution < -0.4 is 14.2 Å². The van der Waals surface area contributed by atoms with Crippen LogP contribution in [-0.2, 0) is 6.42 Å². The van der Waals surface area contributed by atoms with E-state index in [4.69, 9.17) is 19.2 Å². The summed E-state index contributed by atoms with van der Waals surface area (Å²) in [6, 6.07) is 15.9. The van der Waals surface area contributed by atoms with E-state index in [0.29, 0.717) is 18.1 Å². The normalized spacial score (nSPS) is 10.7. The molecule has 0 N–H and O–H groups in total. The molecule has 4 aromatic rings. The molecular formula is C23H21N3O3S. The van der Waals surface area contributed by atoms with E-state index in [1.165, 1.54) is 11.3 Å². The summed E-state index contributed by atoms with van der Waals surface area (Å²) in [4.78, 5) is 5.69. The zero-order valence-corrected chi connectivity index (χ0v) is 17.8. The van der Waals surface area contributed by atoms with Gasteiger partial charge in [0.1, 0.15) is 5.75 Å². The van der Waals surface area contributed by atoms with Gasteiger partial charge in [-0.05, 0) is 37.3 Å². The number of para-hydroxylation sites is 1. The van der Waals surface area contributed by atoms with Crippen LogP contribution in [0.4, 0.5) is 0 Å². The molecule has 6 nitrogen and oxygen atoms in total. The van der Waals surface area contributed by atoms with E-state index in [1.807, 2.05) is 59.2 Å². The fraction of sp³-hybridized carbons (Fsp3) is 0.217. The maximum absolute atomic E-state index is 9.54. The summed E-state index contributed by atoms with van der Waals surface area (Å²) in [6.45, 7) is 2.51. The molecule has 152 valence electrons. The summed E-state index contributed by atoms with van der Waals surface area (Å²) in [7, 11) is 3.23. The van der Waals surface area contributed by atoms with Gasteiger partial charge in [0.2, 0.25) is 0 Å². The lowest BCUT2D eigenvalue weighted by molar-refractivity contribution is 0.341. The first kappa shape index (κ1) is 19.8. The highest BCUT2D eigenvalue weighted by Gasteiger charge is 2.21. The Kier molecular flexibility index (Phi) is 5.59. The molecule has 0 aliphatic carbocycles. The first-order valence-electron chi connectivity index (χ1n) is 9.52. The number of aromatic nitrogens is 2. The largest absolute Gasteiger partial charge is 0.493 e. The molecule has 2 aromatic heterocycles. The highest BCUT2D eigenvalue weighted by atomic mass is 32.1. The van der Waals surface area contributed by atoms with Gasteiger partial charge in [-0.25, -0.2) is 4.98 Å². The van der Waals surface area contributed by atoms with Crippen molar-refractivity contribution in [2.75, 3.05) is 20.8 Å². The van der Waals surface area contributed by atoms with Gasteiger partial charge in [-0.15, -0.1) is 11.3 Å². The van der Waals surface area contributed by atoms with Crippen LogP contribution in [0.25, 0.3) is 27.5 Å². The minimum atomic E-state index is 0.230. The van der Waals surface area contributed by atoms with Gasteiger partial charge in [0.15, 0.2) is 16.5 Å². The molecular weight excluding hydrogens is 398 g/mol. The van der Waals surface area contributed by atoms with E-state index in [9.17, 15) is 5.26 Å². The lowest BCUT2D eigenvalue weighted by Crippen LogP contribution is -1.98. The van der Waals surface area contributed by atoms with Crippen molar-refractivity contribution in [2.45, 2.75) is 13.3 Å². The third-order valence-corrected chi connectivity index (χ3v) is 5.65. The van der Waals surface area contributed by atoms with Crippen LogP contribution in [0.2, 0.25) is 0 Å². The number of hydrogen-bond donors (Lipinski definition) is 0. The third kappa shape index (κ3) is 3.36. The van der Waals surface area contributed by atoms with E-state index < -0.39 is 0 Å². The number of fused-ring (bicyclic) bond motifs is 1. The van der Waals surface area contributed by atoms with Gasteiger partial charge in [0.05, 0.1) is 50.4 Å². The van der Waals surface area contributed by atoms with Crippen LogP contribution in [0.1, 0.15) is 12.6 Å². The fourth-order valence-electron chi connectivity index (χ4n) is 3.51. The molecule has 0 fully saturated rings. The highest BCUT2D eigenvalue weighted by molar-refractivity contribution is 7.15. The van der Waals surface area contributed by atoms with E-state index in [2.05, 4.69) is 6.07 Å². The van der Waals surface area contributed by atoms with Crippen LogP contribution in [0.5, 0.6) is 17.2 Å². The van der Waals surface area contributed by atoms with E-state index in [1.54, 1.807) is 14.2 Å². The Balaban J connectivity index is 1.93. The second-order valence-corrected chi connectivity index (χ2v) is 7.32. The van der Waals surface area contributed by atoms with Crippen LogP contribution in [-0.4, -0.2) is 30.2 Å². The monoisotopic (exact) mass is 419 g/mol. The molecule has 0 unspecified atom stereocenters. The fourth-order valence-corrected chi connectivity index (χ4v) is 4.43.